The van der Waals surface area contributed by atoms with Crippen molar-refractivity contribution in [1.29, 1.82) is 0 Å². The van der Waals surface area contributed by atoms with Crippen LogP contribution in [0.3, 0.4) is 0 Å². The molecule has 0 atom stereocenters. The van der Waals surface area contributed by atoms with Gasteiger partial charge in [-0.05, 0) is 28.7 Å². The number of nitrogens with zero attached hydrogens (tertiary/aromatic N) is 3. The second-order valence-corrected chi connectivity index (χ2v) is 4.48. The minimum Gasteiger partial charge on any atom is -0.465 e. The number of carbonyl (C=O) groups is 1. The van der Waals surface area contributed by atoms with Gasteiger partial charge in [0.05, 0.1) is 28.8 Å². The van der Waals surface area contributed by atoms with Crippen molar-refractivity contribution in [1.82, 2.24) is 14.8 Å². The molecule has 0 aliphatic heterocycles. The Hall–Kier alpha value is -1.64. The number of hydrogen-bond acceptors (Lipinski definition) is 5. The highest BCUT2D eigenvalue weighted by Crippen LogP contribution is 2.16. The summed E-state index contributed by atoms with van der Waals surface area (Å²) in [5, 5.41) is 4.09. The van der Waals surface area contributed by atoms with Gasteiger partial charge in [0.25, 0.3) is 0 Å². The number of nitrogens with two attached hydrogens (primary N) is 1. The molecule has 0 radical (unpaired) electrons. The van der Waals surface area contributed by atoms with Crippen molar-refractivity contribution in [2.75, 3.05) is 12.8 Å². The normalized spacial score (nSPS) is 10.2. The number of rotatable bonds is 2. The molecule has 2 rings (SSSR count). The number of methoxy groups -OCH3 is 1. The van der Waals surface area contributed by atoms with E-state index >= 15 is 0 Å². The third-order valence-corrected chi connectivity index (χ3v) is 2.62. The molecular weight excluding hydrogens is 335 g/mol. The van der Waals surface area contributed by atoms with E-state index in [1.165, 1.54) is 24.1 Å². The van der Waals surface area contributed by atoms with Gasteiger partial charge in [0.2, 0.25) is 0 Å². The van der Waals surface area contributed by atoms with Gasteiger partial charge in [-0.1, -0.05) is 0 Å². The summed E-state index contributed by atoms with van der Waals surface area (Å²) in [4.78, 5) is 15.7. The average molecular weight is 344 g/mol. The number of carbonyl (C=O) groups excluding carboxylic acids is 1. The molecule has 6 nitrogen and oxygen atoms in total. The van der Waals surface area contributed by atoms with Crippen molar-refractivity contribution >= 4 is 34.2 Å². The summed E-state index contributed by atoms with van der Waals surface area (Å²) in [5.74, 6) is -0.0979. The van der Waals surface area contributed by atoms with E-state index in [-0.39, 0.29) is 5.56 Å². The van der Waals surface area contributed by atoms with Crippen LogP contribution in [0.4, 0.5) is 5.69 Å². The van der Waals surface area contributed by atoms with Crippen LogP contribution in [0.15, 0.2) is 24.7 Å². The van der Waals surface area contributed by atoms with Gasteiger partial charge in [-0.15, -0.1) is 0 Å². The van der Waals surface area contributed by atoms with Crippen LogP contribution in [0.2, 0.25) is 0 Å². The molecule has 2 aromatic heterocycles. The predicted octanol–water partition coefficient (Wildman–Crippen LogP) is 1.24. The second kappa shape index (κ2) is 4.70. The summed E-state index contributed by atoms with van der Waals surface area (Å²) in [6, 6.07) is 1.52. The molecule has 0 spiro atoms. The van der Waals surface area contributed by atoms with E-state index < -0.39 is 5.97 Å². The van der Waals surface area contributed by atoms with Crippen LogP contribution in [-0.4, -0.2) is 27.8 Å². The lowest BCUT2D eigenvalue weighted by molar-refractivity contribution is 0.0600. The molecule has 2 aromatic rings. The molecule has 0 saturated carbocycles. The third kappa shape index (κ3) is 2.38. The van der Waals surface area contributed by atoms with Crippen LogP contribution in [0.5, 0.6) is 0 Å². The Morgan fingerprint density at radius 1 is 1.53 bits per heavy atom. The van der Waals surface area contributed by atoms with Crippen LogP contribution in [0.1, 0.15) is 10.4 Å². The van der Waals surface area contributed by atoms with Crippen LogP contribution in [-0.2, 0) is 4.74 Å². The first-order valence-electron chi connectivity index (χ1n) is 4.66. The van der Waals surface area contributed by atoms with Gasteiger partial charge < -0.3 is 10.5 Å². The summed E-state index contributed by atoms with van der Waals surface area (Å²) in [7, 11) is 1.31. The Balaban J connectivity index is 2.57. The van der Waals surface area contributed by atoms with Gasteiger partial charge in [0.15, 0.2) is 5.82 Å². The van der Waals surface area contributed by atoms with Crippen molar-refractivity contribution in [2.45, 2.75) is 0 Å². The molecule has 0 unspecified atom stereocenters. The van der Waals surface area contributed by atoms with E-state index in [0.29, 0.717) is 11.5 Å². The van der Waals surface area contributed by atoms with E-state index in [4.69, 9.17) is 5.73 Å². The summed E-state index contributed by atoms with van der Waals surface area (Å²) in [5.41, 5.74) is 6.29. The standard InChI is InChI=1S/C10H9IN4O2/c1-17-10(16)8-2-7(12)4-13-9(8)15-5-6(11)3-14-15/h2-5H,12H2,1H3. The zero-order valence-corrected chi connectivity index (χ0v) is 11.1. The molecule has 0 saturated heterocycles. The highest BCUT2D eigenvalue weighted by molar-refractivity contribution is 14.1. The van der Waals surface area contributed by atoms with Gasteiger partial charge in [-0.25, -0.2) is 14.5 Å². The summed E-state index contributed by atoms with van der Waals surface area (Å²) >= 11 is 2.12. The summed E-state index contributed by atoms with van der Waals surface area (Å²) in [6.07, 6.45) is 4.89. The van der Waals surface area contributed by atoms with Gasteiger partial charge >= 0.3 is 5.97 Å². The van der Waals surface area contributed by atoms with Gasteiger partial charge in [-0.2, -0.15) is 5.10 Å². The van der Waals surface area contributed by atoms with Crippen LogP contribution < -0.4 is 5.73 Å². The second-order valence-electron chi connectivity index (χ2n) is 3.23. The zero-order valence-electron chi connectivity index (χ0n) is 8.92. The monoisotopic (exact) mass is 344 g/mol. The lowest BCUT2D eigenvalue weighted by Gasteiger charge is -2.07. The number of esters is 1. The first-order valence-corrected chi connectivity index (χ1v) is 5.74. The van der Waals surface area contributed by atoms with Crippen LogP contribution in [0, 0.1) is 3.57 Å². The fourth-order valence-electron chi connectivity index (χ4n) is 1.33. The smallest absolute Gasteiger partial charge is 0.341 e. The topological polar surface area (TPSA) is 83.0 Å². The van der Waals surface area contributed by atoms with Crippen molar-refractivity contribution in [2.24, 2.45) is 0 Å². The van der Waals surface area contributed by atoms with Gasteiger partial charge in [-0.3, -0.25) is 0 Å². The van der Waals surface area contributed by atoms with E-state index in [1.807, 2.05) is 0 Å². The largest absolute Gasteiger partial charge is 0.465 e. The zero-order chi connectivity index (χ0) is 12.4. The van der Waals surface area contributed by atoms with Crippen molar-refractivity contribution in [3.8, 4) is 5.82 Å². The Morgan fingerprint density at radius 2 is 2.29 bits per heavy atom. The Bertz CT molecular complexity index is 567. The molecule has 0 amide bonds. The Labute approximate surface area is 111 Å². The fourth-order valence-corrected chi connectivity index (χ4v) is 1.72. The Kier molecular flexibility index (Phi) is 3.27. The molecule has 7 heteroatoms. The highest BCUT2D eigenvalue weighted by atomic mass is 127. The maximum atomic E-state index is 11.6. The van der Waals surface area contributed by atoms with Crippen molar-refractivity contribution in [3.05, 3.63) is 33.8 Å². The number of ether oxygens (including phenoxy) is 1. The lowest BCUT2D eigenvalue weighted by Crippen LogP contribution is -2.11. The lowest BCUT2D eigenvalue weighted by atomic mass is 10.2. The minimum atomic E-state index is -0.495. The molecule has 0 aliphatic carbocycles. The first-order chi connectivity index (χ1) is 8.11. The highest BCUT2D eigenvalue weighted by Gasteiger charge is 2.15. The van der Waals surface area contributed by atoms with Crippen molar-refractivity contribution in [3.63, 3.8) is 0 Å². The van der Waals surface area contributed by atoms with Crippen molar-refractivity contribution < 1.29 is 9.53 Å². The van der Waals surface area contributed by atoms with E-state index in [0.717, 1.165) is 3.57 Å². The number of nitrogen functional groups attached to an aromatic ring is 1. The average Bonchev–Trinajstić information content (AvgIpc) is 2.74. The SMILES string of the molecule is COC(=O)c1cc(N)cnc1-n1cc(I)cn1. The maximum absolute atomic E-state index is 11.6. The maximum Gasteiger partial charge on any atom is 0.341 e. The van der Waals surface area contributed by atoms with Crippen LogP contribution in [0.25, 0.3) is 5.82 Å². The number of pyridine rings is 1. The minimum absolute atomic E-state index is 0.284. The molecular formula is C10H9IN4O2. The molecule has 0 aromatic carbocycles. The molecule has 2 N–H and O–H groups in total. The molecule has 17 heavy (non-hydrogen) atoms. The van der Waals surface area contributed by atoms with Crippen LogP contribution >= 0.6 is 22.6 Å². The molecule has 2 heterocycles. The number of aromatic nitrogens is 3. The fraction of sp³-hybridized carbons (Fsp3) is 0.100. The molecule has 0 bridgehead atoms. The van der Waals surface area contributed by atoms with E-state index in [2.05, 4.69) is 37.4 Å². The Morgan fingerprint density at radius 3 is 2.88 bits per heavy atom. The predicted molar refractivity (Wildman–Crippen MR) is 69.8 cm³/mol. The molecule has 88 valence electrons. The number of halogens is 1. The third-order valence-electron chi connectivity index (χ3n) is 2.06. The summed E-state index contributed by atoms with van der Waals surface area (Å²) in [6.45, 7) is 0. The first kappa shape index (κ1) is 11.8. The number of hydrogen-bond donors (Lipinski definition) is 1. The van der Waals surface area contributed by atoms with Gasteiger partial charge in [0.1, 0.15) is 5.56 Å². The number of anilines is 1. The summed E-state index contributed by atoms with van der Waals surface area (Å²) < 4.78 is 7.13. The molecule has 0 fully saturated rings. The quantitative estimate of drug-likeness (QED) is 0.655. The van der Waals surface area contributed by atoms with E-state index in [9.17, 15) is 4.79 Å². The van der Waals surface area contributed by atoms with Gasteiger partial charge in [0, 0.05) is 6.20 Å². The van der Waals surface area contributed by atoms with E-state index in [1.54, 1.807) is 12.4 Å². The molecule has 0 aliphatic rings.